The predicted molar refractivity (Wildman–Crippen MR) is 55.0 cm³/mol. The molecule has 0 spiro atoms. The van der Waals surface area contributed by atoms with E-state index in [4.69, 9.17) is 0 Å². The zero-order valence-electron chi connectivity index (χ0n) is 6.48. The molecule has 4 heteroatoms. The molecule has 0 unspecified atom stereocenters. The standard InChI is InChI=1S/C9H5Br2FO/c10-9(11)4-5-3-6(12)1-2-7(5)8(9)13/h1-3H,4H2. The Hall–Kier alpha value is -0.220. The Kier molecular flexibility index (Phi) is 2.07. The largest absolute Gasteiger partial charge is 0.292 e. The van der Waals surface area contributed by atoms with Gasteiger partial charge in [0.05, 0.1) is 0 Å². The summed E-state index contributed by atoms with van der Waals surface area (Å²) >= 11 is 6.52. The number of Topliss-reactive ketones (excluding diaryl/α,β-unsaturated/α-hetero) is 1. The van der Waals surface area contributed by atoms with Crippen molar-refractivity contribution in [2.45, 2.75) is 9.65 Å². The van der Waals surface area contributed by atoms with E-state index in [2.05, 4.69) is 31.9 Å². The van der Waals surface area contributed by atoms with Crippen LogP contribution < -0.4 is 0 Å². The summed E-state index contributed by atoms with van der Waals surface area (Å²) in [6, 6.07) is 4.23. The van der Waals surface area contributed by atoms with Gasteiger partial charge in [0.2, 0.25) is 0 Å². The first-order valence-electron chi connectivity index (χ1n) is 3.72. The minimum Gasteiger partial charge on any atom is -0.292 e. The Balaban J connectivity index is 2.57. The fourth-order valence-electron chi connectivity index (χ4n) is 1.45. The van der Waals surface area contributed by atoms with Crippen LogP contribution in [0.1, 0.15) is 15.9 Å². The summed E-state index contributed by atoms with van der Waals surface area (Å²) in [6.07, 6.45) is 0.485. The number of hydrogen-bond donors (Lipinski definition) is 0. The molecule has 1 aromatic carbocycles. The summed E-state index contributed by atoms with van der Waals surface area (Å²) in [4.78, 5) is 11.6. The molecule has 0 saturated carbocycles. The summed E-state index contributed by atoms with van der Waals surface area (Å²) in [7, 11) is 0. The van der Waals surface area contributed by atoms with Gasteiger partial charge in [-0.15, -0.1) is 0 Å². The lowest BCUT2D eigenvalue weighted by Gasteiger charge is -2.07. The van der Waals surface area contributed by atoms with Gasteiger partial charge in [-0.3, -0.25) is 4.79 Å². The van der Waals surface area contributed by atoms with Crippen LogP contribution in [0.15, 0.2) is 18.2 Å². The number of carbonyl (C=O) groups is 1. The minimum atomic E-state index is -0.726. The topological polar surface area (TPSA) is 17.1 Å². The molecule has 2 rings (SSSR count). The van der Waals surface area contributed by atoms with Crippen LogP contribution >= 0.6 is 31.9 Å². The monoisotopic (exact) mass is 306 g/mol. The van der Waals surface area contributed by atoms with E-state index in [1.807, 2.05) is 0 Å². The van der Waals surface area contributed by atoms with Crippen molar-refractivity contribution < 1.29 is 9.18 Å². The van der Waals surface area contributed by atoms with Crippen molar-refractivity contribution in [3.63, 3.8) is 0 Å². The van der Waals surface area contributed by atoms with Crippen LogP contribution in [-0.4, -0.2) is 9.02 Å². The molecular formula is C9H5Br2FO. The van der Waals surface area contributed by atoms with Gasteiger partial charge in [-0.1, -0.05) is 31.9 Å². The smallest absolute Gasteiger partial charge is 0.190 e. The number of halogens is 3. The molecule has 0 saturated heterocycles. The number of fused-ring (bicyclic) bond motifs is 1. The number of carbonyl (C=O) groups excluding carboxylic acids is 1. The van der Waals surface area contributed by atoms with Crippen molar-refractivity contribution in [1.82, 2.24) is 0 Å². The van der Waals surface area contributed by atoms with Gasteiger partial charge in [0.1, 0.15) is 9.05 Å². The van der Waals surface area contributed by atoms with Gasteiger partial charge in [-0.05, 0) is 23.8 Å². The Morgan fingerprint density at radius 3 is 2.77 bits per heavy atom. The molecule has 0 heterocycles. The quantitative estimate of drug-likeness (QED) is 0.673. The molecule has 68 valence electrons. The third-order valence-corrected chi connectivity index (χ3v) is 3.34. The molecule has 1 aromatic rings. The van der Waals surface area contributed by atoms with Crippen molar-refractivity contribution in [3.8, 4) is 0 Å². The van der Waals surface area contributed by atoms with Crippen LogP contribution in [0.2, 0.25) is 0 Å². The van der Waals surface area contributed by atoms with Gasteiger partial charge in [0.15, 0.2) is 5.78 Å². The summed E-state index contributed by atoms with van der Waals surface area (Å²) < 4.78 is 12.1. The van der Waals surface area contributed by atoms with Gasteiger partial charge in [0.25, 0.3) is 0 Å². The molecule has 0 fully saturated rings. The van der Waals surface area contributed by atoms with Crippen molar-refractivity contribution in [1.29, 1.82) is 0 Å². The van der Waals surface area contributed by atoms with E-state index in [0.717, 1.165) is 5.56 Å². The van der Waals surface area contributed by atoms with Gasteiger partial charge in [-0.2, -0.15) is 0 Å². The molecule has 0 atom stereocenters. The first-order chi connectivity index (χ1) is 6.00. The van der Waals surface area contributed by atoms with Crippen molar-refractivity contribution >= 4 is 37.6 Å². The van der Waals surface area contributed by atoms with Gasteiger partial charge >= 0.3 is 0 Å². The van der Waals surface area contributed by atoms with Crippen LogP contribution in [0.5, 0.6) is 0 Å². The fourth-order valence-corrected chi connectivity index (χ4v) is 2.48. The second kappa shape index (κ2) is 2.89. The first-order valence-corrected chi connectivity index (χ1v) is 5.30. The normalized spacial score (nSPS) is 18.8. The predicted octanol–water partition coefficient (Wildman–Crippen LogP) is 3.05. The summed E-state index contributed by atoms with van der Waals surface area (Å²) in [5.41, 5.74) is 1.34. The molecule has 13 heavy (non-hydrogen) atoms. The number of benzene rings is 1. The summed E-state index contributed by atoms with van der Waals surface area (Å²) in [5.74, 6) is -0.341. The third kappa shape index (κ3) is 1.46. The maximum Gasteiger partial charge on any atom is 0.190 e. The van der Waals surface area contributed by atoms with E-state index in [1.165, 1.54) is 18.2 Å². The van der Waals surface area contributed by atoms with E-state index < -0.39 is 3.23 Å². The fraction of sp³-hybridized carbons (Fsp3) is 0.222. The van der Waals surface area contributed by atoms with E-state index in [9.17, 15) is 9.18 Å². The number of rotatable bonds is 0. The van der Waals surface area contributed by atoms with Crippen LogP contribution in [0.25, 0.3) is 0 Å². The molecule has 1 aliphatic rings. The Labute approximate surface area is 91.6 Å². The zero-order chi connectivity index (χ0) is 9.64. The third-order valence-electron chi connectivity index (χ3n) is 2.06. The first kappa shape index (κ1) is 9.34. The minimum absolute atomic E-state index is 0.0394. The zero-order valence-corrected chi connectivity index (χ0v) is 9.65. The van der Waals surface area contributed by atoms with E-state index in [-0.39, 0.29) is 11.6 Å². The average molecular weight is 308 g/mol. The van der Waals surface area contributed by atoms with Gasteiger partial charge < -0.3 is 0 Å². The van der Waals surface area contributed by atoms with Crippen LogP contribution in [0.3, 0.4) is 0 Å². The molecule has 0 bridgehead atoms. The Morgan fingerprint density at radius 1 is 1.38 bits per heavy atom. The lowest BCUT2D eigenvalue weighted by molar-refractivity contribution is 0.0994. The molecule has 0 aliphatic heterocycles. The summed E-state index contributed by atoms with van der Waals surface area (Å²) in [6.45, 7) is 0. The van der Waals surface area contributed by atoms with Gasteiger partial charge in [0, 0.05) is 12.0 Å². The SMILES string of the molecule is O=C1c2ccc(F)cc2CC1(Br)Br. The lowest BCUT2D eigenvalue weighted by Crippen LogP contribution is -2.19. The lowest BCUT2D eigenvalue weighted by atomic mass is 10.1. The highest BCUT2D eigenvalue weighted by Gasteiger charge is 2.41. The van der Waals surface area contributed by atoms with Crippen molar-refractivity contribution in [2.24, 2.45) is 0 Å². The van der Waals surface area contributed by atoms with Crippen LogP contribution in [0.4, 0.5) is 4.39 Å². The van der Waals surface area contributed by atoms with E-state index in [1.54, 1.807) is 0 Å². The van der Waals surface area contributed by atoms with Gasteiger partial charge in [-0.25, -0.2) is 4.39 Å². The average Bonchev–Trinajstić information content (AvgIpc) is 2.22. The highest BCUT2D eigenvalue weighted by Crippen LogP contribution is 2.41. The van der Waals surface area contributed by atoms with Crippen molar-refractivity contribution in [3.05, 3.63) is 35.1 Å². The van der Waals surface area contributed by atoms with E-state index in [0.29, 0.717) is 12.0 Å². The molecule has 0 amide bonds. The van der Waals surface area contributed by atoms with Crippen LogP contribution in [-0.2, 0) is 6.42 Å². The number of alkyl halides is 2. The van der Waals surface area contributed by atoms with E-state index >= 15 is 0 Å². The van der Waals surface area contributed by atoms with Crippen molar-refractivity contribution in [2.75, 3.05) is 0 Å². The molecule has 1 aliphatic carbocycles. The Morgan fingerprint density at radius 2 is 2.08 bits per heavy atom. The molecule has 0 radical (unpaired) electrons. The van der Waals surface area contributed by atoms with Crippen LogP contribution in [0, 0.1) is 5.82 Å². The summed E-state index contributed by atoms with van der Waals surface area (Å²) in [5, 5.41) is 0. The number of hydrogen-bond acceptors (Lipinski definition) is 1. The highest BCUT2D eigenvalue weighted by molar-refractivity contribution is 9.26. The second-order valence-corrected chi connectivity index (χ2v) is 6.78. The maximum absolute atomic E-state index is 12.8. The second-order valence-electron chi connectivity index (χ2n) is 3.01. The highest BCUT2D eigenvalue weighted by atomic mass is 79.9. The maximum atomic E-state index is 12.8. The molecule has 0 N–H and O–H groups in total. The Bertz CT molecular complexity index is 387. The molecular weight excluding hydrogens is 303 g/mol. The molecule has 0 aromatic heterocycles. The molecule has 1 nitrogen and oxygen atoms in total. The number of ketones is 1.